The van der Waals surface area contributed by atoms with E-state index in [1.54, 1.807) is 30.0 Å². The predicted octanol–water partition coefficient (Wildman–Crippen LogP) is 2.10. The molecule has 0 aliphatic rings. The van der Waals surface area contributed by atoms with E-state index in [2.05, 4.69) is 15.3 Å². The second-order valence-electron chi connectivity index (χ2n) is 3.68. The van der Waals surface area contributed by atoms with Crippen LogP contribution in [-0.2, 0) is 0 Å². The van der Waals surface area contributed by atoms with Crippen molar-refractivity contribution in [3.05, 3.63) is 30.1 Å². The highest BCUT2D eigenvalue weighted by molar-refractivity contribution is 7.98. The smallest absolute Gasteiger partial charge is 0.335 e. The number of carboxylic acid groups (broad SMARTS) is 1. The van der Waals surface area contributed by atoms with Crippen molar-refractivity contribution < 1.29 is 9.90 Å². The van der Waals surface area contributed by atoms with E-state index in [9.17, 15) is 4.79 Å². The topological polar surface area (TPSA) is 75.1 Å². The fraction of sp³-hybridized carbons (Fsp3) is 0.250. The molecule has 0 saturated heterocycles. The van der Waals surface area contributed by atoms with Crippen LogP contribution in [0.1, 0.15) is 10.4 Å². The molecule has 2 rings (SSSR count). The standard InChI is InChI=1S/C12H13N3O2S/c1-18-5-4-13-11-9-3-2-8(12(16)17)6-10(9)14-7-15-11/h2-3,6-7H,4-5H2,1H3,(H,16,17)(H,13,14,15). The van der Waals surface area contributed by atoms with Crippen LogP contribution in [-0.4, -0.2) is 39.6 Å². The van der Waals surface area contributed by atoms with Crippen molar-refractivity contribution in [1.82, 2.24) is 9.97 Å². The van der Waals surface area contributed by atoms with Crippen molar-refractivity contribution >= 4 is 34.5 Å². The molecule has 0 aliphatic carbocycles. The normalized spacial score (nSPS) is 10.5. The number of hydrogen-bond acceptors (Lipinski definition) is 5. The van der Waals surface area contributed by atoms with Gasteiger partial charge < -0.3 is 10.4 Å². The Morgan fingerprint density at radius 1 is 1.44 bits per heavy atom. The number of hydrogen-bond donors (Lipinski definition) is 2. The fourth-order valence-corrected chi connectivity index (χ4v) is 1.91. The number of fused-ring (bicyclic) bond motifs is 1. The van der Waals surface area contributed by atoms with E-state index in [1.165, 1.54) is 6.33 Å². The zero-order valence-electron chi connectivity index (χ0n) is 9.88. The van der Waals surface area contributed by atoms with Crippen LogP contribution in [0.2, 0.25) is 0 Å². The number of benzene rings is 1. The second-order valence-corrected chi connectivity index (χ2v) is 4.66. The van der Waals surface area contributed by atoms with Crippen LogP contribution < -0.4 is 5.32 Å². The number of nitrogens with one attached hydrogen (secondary N) is 1. The second kappa shape index (κ2) is 5.68. The van der Waals surface area contributed by atoms with Crippen molar-refractivity contribution in [2.24, 2.45) is 0 Å². The van der Waals surface area contributed by atoms with Gasteiger partial charge in [0.2, 0.25) is 0 Å². The van der Waals surface area contributed by atoms with Gasteiger partial charge in [0, 0.05) is 17.7 Å². The molecule has 0 amide bonds. The molecule has 0 fully saturated rings. The molecule has 0 saturated carbocycles. The molecule has 0 aliphatic heterocycles. The molecule has 2 aromatic rings. The van der Waals surface area contributed by atoms with E-state index >= 15 is 0 Å². The minimum absolute atomic E-state index is 0.233. The Labute approximate surface area is 109 Å². The quantitative estimate of drug-likeness (QED) is 0.805. The van der Waals surface area contributed by atoms with Crippen LogP contribution in [0.25, 0.3) is 10.9 Å². The number of thioether (sulfide) groups is 1. The summed E-state index contributed by atoms with van der Waals surface area (Å²) in [5.41, 5.74) is 0.868. The first kappa shape index (κ1) is 12.6. The largest absolute Gasteiger partial charge is 0.478 e. The third kappa shape index (κ3) is 2.70. The summed E-state index contributed by atoms with van der Waals surface area (Å²) in [7, 11) is 0. The predicted molar refractivity (Wildman–Crippen MR) is 73.4 cm³/mol. The molecule has 0 bridgehead atoms. The van der Waals surface area contributed by atoms with E-state index < -0.39 is 5.97 Å². The van der Waals surface area contributed by atoms with Gasteiger partial charge in [-0.15, -0.1) is 0 Å². The van der Waals surface area contributed by atoms with Gasteiger partial charge in [-0.05, 0) is 24.5 Å². The van der Waals surface area contributed by atoms with E-state index in [-0.39, 0.29) is 5.56 Å². The Morgan fingerprint density at radius 3 is 3.00 bits per heavy atom. The third-order valence-corrected chi connectivity index (χ3v) is 3.09. The molecule has 5 nitrogen and oxygen atoms in total. The maximum absolute atomic E-state index is 10.9. The van der Waals surface area contributed by atoms with Crippen molar-refractivity contribution in [1.29, 1.82) is 0 Å². The Kier molecular flexibility index (Phi) is 3.99. The number of carbonyl (C=O) groups is 1. The number of carboxylic acids is 1. The van der Waals surface area contributed by atoms with Crippen LogP contribution >= 0.6 is 11.8 Å². The average molecular weight is 263 g/mol. The fourth-order valence-electron chi connectivity index (χ4n) is 1.60. The number of anilines is 1. The monoisotopic (exact) mass is 263 g/mol. The van der Waals surface area contributed by atoms with Gasteiger partial charge in [-0.1, -0.05) is 0 Å². The Bertz CT molecular complexity index is 574. The molecule has 0 unspecified atom stereocenters. The summed E-state index contributed by atoms with van der Waals surface area (Å²) < 4.78 is 0. The van der Waals surface area contributed by atoms with E-state index in [1.807, 2.05) is 6.26 Å². The molecule has 0 spiro atoms. The minimum Gasteiger partial charge on any atom is -0.478 e. The molecule has 0 atom stereocenters. The van der Waals surface area contributed by atoms with Crippen molar-refractivity contribution in [3.63, 3.8) is 0 Å². The number of aromatic nitrogens is 2. The molecule has 0 radical (unpaired) electrons. The molecular weight excluding hydrogens is 250 g/mol. The van der Waals surface area contributed by atoms with Crippen molar-refractivity contribution in [3.8, 4) is 0 Å². The maximum atomic E-state index is 10.9. The van der Waals surface area contributed by atoms with Crippen molar-refractivity contribution in [2.75, 3.05) is 23.9 Å². The maximum Gasteiger partial charge on any atom is 0.335 e. The first-order chi connectivity index (χ1) is 8.72. The van der Waals surface area contributed by atoms with E-state index in [4.69, 9.17) is 5.11 Å². The highest BCUT2D eigenvalue weighted by Crippen LogP contribution is 2.20. The van der Waals surface area contributed by atoms with Crippen molar-refractivity contribution in [2.45, 2.75) is 0 Å². The van der Waals surface area contributed by atoms with Gasteiger partial charge in [0.15, 0.2) is 0 Å². The highest BCUT2D eigenvalue weighted by Gasteiger charge is 2.07. The van der Waals surface area contributed by atoms with Gasteiger partial charge in [0.05, 0.1) is 11.1 Å². The molecule has 1 aromatic carbocycles. The number of aromatic carboxylic acids is 1. The summed E-state index contributed by atoms with van der Waals surface area (Å²) in [6, 6.07) is 4.85. The zero-order chi connectivity index (χ0) is 13.0. The highest BCUT2D eigenvalue weighted by atomic mass is 32.2. The first-order valence-electron chi connectivity index (χ1n) is 5.43. The lowest BCUT2D eigenvalue weighted by molar-refractivity contribution is 0.0697. The lowest BCUT2D eigenvalue weighted by Crippen LogP contribution is -2.06. The summed E-state index contributed by atoms with van der Waals surface area (Å²) in [5, 5.41) is 13.0. The van der Waals surface area contributed by atoms with Crippen LogP contribution in [0.3, 0.4) is 0 Å². The lowest BCUT2D eigenvalue weighted by atomic mass is 10.1. The van der Waals surface area contributed by atoms with Gasteiger partial charge in [-0.3, -0.25) is 0 Å². The minimum atomic E-state index is -0.951. The van der Waals surface area contributed by atoms with Crippen LogP contribution in [0.5, 0.6) is 0 Å². The SMILES string of the molecule is CSCCNc1ncnc2cc(C(=O)O)ccc12. The van der Waals surface area contributed by atoms with E-state index in [0.717, 1.165) is 23.5 Å². The van der Waals surface area contributed by atoms with Crippen LogP contribution in [0.15, 0.2) is 24.5 Å². The summed E-state index contributed by atoms with van der Waals surface area (Å²) in [6.07, 6.45) is 3.48. The Balaban J connectivity index is 2.34. The molecule has 2 N–H and O–H groups in total. The van der Waals surface area contributed by atoms with Gasteiger partial charge in [0.1, 0.15) is 12.1 Å². The first-order valence-corrected chi connectivity index (χ1v) is 6.82. The zero-order valence-corrected chi connectivity index (χ0v) is 10.7. The average Bonchev–Trinajstić information content (AvgIpc) is 2.38. The Morgan fingerprint density at radius 2 is 2.28 bits per heavy atom. The summed E-state index contributed by atoms with van der Waals surface area (Å²) >= 11 is 1.75. The van der Waals surface area contributed by atoms with Crippen LogP contribution in [0, 0.1) is 0 Å². The molecule has 6 heteroatoms. The third-order valence-electron chi connectivity index (χ3n) is 2.48. The molecular formula is C12H13N3O2S. The number of nitrogens with zero attached hydrogens (tertiary/aromatic N) is 2. The number of rotatable bonds is 5. The lowest BCUT2D eigenvalue weighted by Gasteiger charge is -2.07. The van der Waals surface area contributed by atoms with Crippen LogP contribution in [0.4, 0.5) is 5.82 Å². The van der Waals surface area contributed by atoms with Gasteiger partial charge in [0.25, 0.3) is 0 Å². The molecule has 1 aromatic heterocycles. The van der Waals surface area contributed by atoms with Gasteiger partial charge in [-0.2, -0.15) is 11.8 Å². The summed E-state index contributed by atoms with van der Waals surface area (Å²) in [6.45, 7) is 0.813. The van der Waals surface area contributed by atoms with E-state index in [0.29, 0.717) is 5.52 Å². The molecule has 94 valence electrons. The van der Waals surface area contributed by atoms with Gasteiger partial charge in [-0.25, -0.2) is 14.8 Å². The van der Waals surface area contributed by atoms with Gasteiger partial charge >= 0.3 is 5.97 Å². The summed E-state index contributed by atoms with van der Waals surface area (Å²) in [5.74, 6) is 0.775. The summed E-state index contributed by atoms with van der Waals surface area (Å²) in [4.78, 5) is 19.1. The molecule has 1 heterocycles. The Hall–Kier alpha value is -1.82. The molecule has 18 heavy (non-hydrogen) atoms.